The van der Waals surface area contributed by atoms with E-state index in [1.165, 1.54) is 97.1 Å². The van der Waals surface area contributed by atoms with Crippen LogP contribution in [-0.4, -0.2) is 88.3 Å². The molecule has 0 saturated carbocycles. The van der Waals surface area contributed by atoms with Crippen LogP contribution in [0.4, 0.5) is 0 Å². The Morgan fingerprint density at radius 1 is 0.737 bits per heavy atom. The normalized spacial score (nSPS) is 27.2. The van der Waals surface area contributed by atoms with E-state index in [1.54, 1.807) is 0 Å². The summed E-state index contributed by atoms with van der Waals surface area (Å²) in [4.78, 5) is 2.66. The first-order valence-corrected chi connectivity index (χ1v) is 16.5. The fourth-order valence-corrected chi connectivity index (χ4v) is 6.78. The van der Waals surface area contributed by atoms with Crippen LogP contribution in [0.1, 0.15) is 105 Å². The molecule has 3 aliphatic rings. The molecule has 3 aliphatic heterocycles. The summed E-state index contributed by atoms with van der Waals surface area (Å²) in [6.45, 7) is 18.8. The van der Waals surface area contributed by atoms with E-state index in [0.717, 1.165) is 56.8 Å². The highest BCUT2D eigenvalue weighted by Crippen LogP contribution is 2.29. The second-order valence-electron chi connectivity index (χ2n) is 13.0. The highest BCUT2D eigenvalue weighted by atomic mass is 16.5. The Labute approximate surface area is 235 Å². The lowest BCUT2D eigenvalue weighted by Crippen LogP contribution is -2.44. The van der Waals surface area contributed by atoms with Crippen LogP contribution < -0.4 is 10.6 Å². The maximum Gasteiger partial charge on any atom is 0.0547 e. The summed E-state index contributed by atoms with van der Waals surface area (Å²) in [7, 11) is 0. The molecule has 0 aromatic rings. The third kappa shape index (κ3) is 13.4. The van der Waals surface area contributed by atoms with Gasteiger partial charge in [-0.05, 0) is 149 Å². The third-order valence-electron chi connectivity index (χ3n) is 9.25. The number of piperidine rings is 2. The Bertz CT molecular complexity index is 586. The second-order valence-corrected chi connectivity index (χ2v) is 13.0. The summed E-state index contributed by atoms with van der Waals surface area (Å²) in [5.74, 6) is 2.61. The lowest BCUT2D eigenvalue weighted by atomic mass is 9.83. The first-order chi connectivity index (χ1) is 18.5. The monoisotopic (exact) mass is 537 g/mol. The van der Waals surface area contributed by atoms with Crippen molar-refractivity contribution >= 4 is 0 Å². The van der Waals surface area contributed by atoms with E-state index in [2.05, 4.69) is 43.2 Å². The summed E-state index contributed by atoms with van der Waals surface area (Å²) >= 11 is 0. The average molecular weight is 538 g/mol. The van der Waals surface area contributed by atoms with Crippen LogP contribution in [0.25, 0.3) is 0 Å². The van der Waals surface area contributed by atoms with Gasteiger partial charge in [-0.25, -0.2) is 0 Å². The van der Waals surface area contributed by atoms with E-state index >= 15 is 0 Å². The van der Waals surface area contributed by atoms with Crippen molar-refractivity contribution < 1.29 is 14.2 Å². The fraction of sp³-hybridized carbons (Fsp3) is 1.00. The van der Waals surface area contributed by atoms with E-state index in [4.69, 9.17) is 14.2 Å². The van der Waals surface area contributed by atoms with Crippen molar-refractivity contribution in [2.24, 2.45) is 17.8 Å². The molecule has 0 amide bonds. The fourth-order valence-electron chi connectivity index (χ4n) is 6.78. The Balaban J connectivity index is 1.16. The summed E-state index contributed by atoms with van der Waals surface area (Å²) in [6.07, 6.45) is 16.2. The summed E-state index contributed by atoms with van der Waals surface area (Å²) < 4.78 is 18.0. The van der Waals surface area contributed by atoms with Gasteiger partial charge in [0.2, 0.25) is 0 Å². The molecule has 224 valence electrons. The third-order valence-corrected chi connectivity index (χ3v) is 9.25. The second kappa shape index (κ2) is 19.0. The number of nitrogens with one attached hydrogen (secondary N) is 2. The quantitative estimate of drug-likeness (QED) is 0.208. The molecule has 3 heterocycles. The van der Waals surface area contributed by atoms with Crippen LogP contribution in [0.2, 0.25) is 0 Å². The molecule has 0 aliphatic carbocycles. The van der Waals surface area contributed by atoms with E-state index < -0.39 is 0 Å². The van der Waals surface area contributed by atoms with Gasteiger partial charge in [-0.1, -0.05) is 0 Å². The van der Waals surface area contributed by atoms with Gasteiger partial charge in [0.05, 0.1) is 18.3 Å². The number of ether oxygens (including phenoxy) is 3. The standard InChI is InChI=1S/C32H63N3O3/c1-26(2)36-23-7-19-35-20-15-31(25-35)32-24-30(14-18-34-32)9-6-22-38-28(4)11-10-27(3)37-21-5-8-29-12-16-33-17-13-29/h26-34H,5-25H2,1-4H3. The predicted octanol–water partition coefficient (Wildman–Crippen LogP) is 5.64. The molecule has 6 nitrogen and oxygen atoms in total. The lowest BCUT2D eigenvalue weighted by molar-refractivity contribution is 0.0209. The molecule has 38 heavy (non-hydrogen) atoms. The topological polar surface area (TPSA) is 55.0 Å². The molecule has 3 saturated heterocycles. The maximum atomic E-state index is 6.20. The predicted molar refractivity (Wildman–Crippen MR) is 159 cm³/mol. The molecule has 5 atom stereocenters. The zero-order chi connectivity index (χ0) is 27.0. The van der Waals surface area contributed by atoms with Crippen molar-refractivity contribution in [3.8, 4) is 0 Å². The van der Waals surface area contributed by atoms with Crippen molar-refractivity contribution in [2.75, 3.05) is 59.1 Å². The molecule has 2 N–H and O–H groups in total. The van der Waals surface area contributed by atoms with Crippen LogP contribution in [0, 0.1) is 17.8 Å². The molecule has 0 spiro atoms. The smallest absolute Gasteiger partial charge is 0.0547 e. The van der Waals surface area contributed by atoms with E-state index in [9.17, 15) is 0 Å². The molecule has 0 radical (unpaired) electrons. The van der Waals surface area contributed by atoms with Crippen LogP contribution in [0.3, 0.4) is 0 Å². The van der Waals surface area contributed by atoms with Crippen molar-refractivity contribution in [1.29, 1.82) is 0 Å². The van der Waals surface area contributed by atoms with Crippen molar-refractivity contribution in [3.63, 3.8) is 0 Å². The number of hydrogen-bond donors (Lipinski definition) is 2. The maximum absolute atomic E-state index is 6.20. The van der Waals surface area contributed by atoms with Crippen molar-refractivity contribution in [1.82, 2.24) is 15.5 Å². The van der Waals surface area contributed by atoms with Gasteiger partial charge in [0.15, 0.2) is 0 Å². The number of likely N-dealkylation sites (tertiary alicyclic amines) is 1. The minimum Gasteiger partial charge on any atom is -0.379 e. The zero-order valence-corrected chi connectivity index (χ0v) is 25.6. The van der Waals surface area contributed by atoms with Crippen molar-refractivity contribution in [3.05, 3.63) is 0 Å². The zero-order valence-electron chi connectivity index (χ0n) is 25.6. The van der Waals surface area contributed by atoms with Gasteiger partial charge in [0.1, 0.15) is 0 Å². The van der Waals surface area contributed by atoms with Gasteiger partial charge in [-0.15, -0.1) is 0 Å². The number of hydrogen-bond acceptors (Lipinski definition) is 6. The summed E-state index contributed by atoms with van der Waals surface area (Å²) in [5.41, 5.74) is 0. The molecule has 0 aromatic heterocycles. The summed E-state index contributed by atoms with van der Waals surface area (Å²) in [5, 5.41) is 7.32. The van der Waals surface area contributed by atoms with Gasteiger partial charge >= 0.3 is 0 Å². The molecule has 3 rings (SSSR count). The Morgan fingerprint density at radius 3 is 2.05 bits per heavy atom. The van der Waals surface area contributed by atoms with Gasteiger partial charge in [0, 0.05) is 39.0 Å². The molecule has 3 fully saturated rings. The van der Waals surface area contributed by atoms with E-state index in [-0.39, 0.29) is 0 Å². The summed E-state index contributed by atoms with van der Waals surface area (Å²) in [6, 6.07) is 0.715. The number of rotatable bonds is 19. The minimum absolute atomic E-state index is 0.340. The SMILES string of the molecule is CC(C)OCCCN1CCC(C2CC(CCCOC(C)CCC(C)OCCCC3CCNCC3)CCN2)C1. The van der Waals surface area contributed by atoms with Gasteiger partial charge in [0.25, 0.3) is 0 Å². The average Bonchev–Trinajstić information content (AvgIpc) is 3.40. The first-order valence-electron chi connectivity index (χ1n) is 16.5. The molecular formula is C32H63N3O3. The van der Waals surface area contributed by atoms with E-state index in [0.29, 0.717) is 24.4 Å². The Kier molecular flexibility index (Phi) is 16.1. The highest BCUT2D eigenvalue weighted by molar-refractivity contribution is 4.89. The number of nitrogens with zero attached hydrogens (tertiary/aromatic N) is 1. The van der Waals surface area contributed by atoms with E-state index in [1.807, 2.05) is 0 Å². The highest BCUT2D eigenvalue weighted by Gasteiger charge is 2.32. The molecule has 0 bridgehead atoms. The van der Waals surface area contributed by atoms with Crippen LogP contribution >= 0.6 is 0 Å². The van der Waals surface area contributed by atoms with Gasteiger partial charge in [-0.2, -0.15) is 0 Å². The first kappa shape index (κ1) is 32.3. The lowest BCUT2D eigenvalue weighted by Gasteiger charge is -2.34. The molecule has 6 heteroatoms. The van der Waals surface area contributed by atoms with Gasteiger partial charge < -0.3 is 29.7 Å². The Morgan fingerprint density at radius 2 is 1.37 bits per heavy atom. The largest absolute Gasteiger partial charge is 0.379 e. The Hall–Kier alpha value is -0.240. The van der Waals surface area contributed by atoms with Crippen LogP contribution in [0.5, 0.6) is 0 Å². The van der Waals surface area contributed by atoms with Gasteiger partial charge in [-0.3, -0.25) is 0 Å². The molecule has 0 aromatic carbocycles. The van der Waals surface area contributed by atoms with Crippen LogP contribution in [0.15, 0.2) is 0 Å². The molecular weight excluding hydrogens is 474 g/mol. The molecule has 5 unspecified atom stereocenters. The van der Waals surface area contributed by atoms with Crippen molar-refractivity contribution in [2.45, 2.75) is 129 Å². The van der Waals surface area contributed by atoms with Crippen LogP contribution in [-0.2, 0) is 14.2 Å². The minimum atomic E-state index is 0.340.